The van der Waals surface area contributed by atoms with Crippen molar-refractivity contribution >= 4 is 28.6 Å². The maximum Gasteiger partial charge on any atom is 0.263 e. The average Bonchev–Trinajstić information content (AvgIpc) is 3.11. The third-order valence-electron chi connectivity index (χ3n) is 4.47. The molecule has 0 atom stereocenters. The minimum absolute atomic E-state index is 0.187. The van der Waals surface area contributed by atoms with Gasteiger partial charge in [0, 0.05) is 29.8 Å². The van der Waals surface area contributed by atoms with Crippen LogP contribution in [0.15, 0.2) is 12.1 Å². The molecule has 116 valence electrons. The smallest absolute Gasteiger partial charge is 0.263 e. The van der Waals surface area contributed by atoms with Crippen LogP contribution in [0.5, 0.6) is 0 Å². The van der Waals surface area contributed by atoms with Crippen LogP contribution in [-0.2, 0) is 0 Å². The number of thiophene rings is 1. The second kappa shape index (κ2) is 5.74. The minimum Gasteiger partial charge on any atom is -0.338 e. The molecule has 2 fully saturated rings. The van der Waals surface area contributed by atoms with E-state index in [4.69, 9.17) is 0 Å². The van der Waals surface area contributed by atoms with Crippen LogP contribution in [-0.4, -0.2) is 34.1 Å². The summed E-state index contributed by atoms with van der Waals surface area (Å²) in [5.74, 6) is 1.36. The van der Waals surface area contributed by atoms with Crippen LogP contribution in [0.1, 0.15) is 62.1 Å². The summed E-state index contributed by atoms with van der Waals surface area (Å²) < 4.78 is 0. The van der Waals surface area contributed by atoms with E-state index in [-0.39, 0.29) is 5.91 Å². The molecule has 0 unspecified atom stereocenters. The molecule has 0 bridgehead atoms. The quantitative estimate of drug-likeness (QED) is 0.858. The molecule has 0 spiro atoms. The number of hydrogen-bond acceptors (Lipinski definition) is 5. The molecule has 0 radical (unpaired) electrons. The molecule has 2 aromatic rings. The maximum atomic E-state index is 12.5. The number of carbonyl (C=O) groups is 1. The van der Waals surface area contributed by atoms with Crippen LogP contribution in [0.25, 0.3) is 0 Å². The van der Waals surface area contributed by atoms with E-state index < -0.39 is 0 Å². The predicted octanol–water partition coefficient (Wildman–Crippen LogP) is 3.81. The first-order chi connectivity index (χ1) is 10.7. The maximum absolute atomic E-state index is 12.5. The molecule has 1 saturated carbocycles. The number of rotatable bonds is 3. The summed E-state index contributed by atoms with van der Waals surface area (Å²) >= 11 is 3.38. The van der Waals surface area contributed by atoms with Gasteiger partial charge in [0.2, 0.25) is 0 Å². The second-order valence-corrected chi connectivity index (χ2v) is 8.56. The van der Waals surface area contributed by atoms with Crippen molar-refractivity contribution in [1.82, 2.24) is 15.1 Å². The third-order valence-corrected chi connectivity index (χ3v) is 6.70. The van der Waals surface area contributed by atoms with Crippen LogP contribution >= 0.6 is 22.7 Å². The van der Waals surface area contributed by atoms with Gasteiger partial charge in [-0.3, -0.25) is 4.79 Å². The second-order valence-electron chi connectivity index (χ2n) is 6.23. The van der Waals surface area contributed by atoms with E-state index in [2.05, 4.69) is 10.2 Å². The predicted molar refractivity (Wildman–Crippen MR) is 88.8 cm³/mol. The van der Waals surface area contributed by atoms with Crippen molar-refractivity contribution in [3.8, 4) is 0 Å². The van der Waals surface area contributed by atoms with Gasteiger partial charge in [0.05, 0.1) is 4.88 Å². The summed E-state index contributed by atoms with van der Waals surface area (Å²) in [5, 5.41) is 11.2. The lowest BCUT2D eigenvalue weighted by atomic mass is 9.97. The van der Waals surface area contributed by atoms with Gasteiger partial charge in [-0.15, -0.1) is 32.9 Å². The molecule has 4 rings (SSSR count). The number of aryl methyl sites for hydroxylation is 1. The van der Waals surface area contributed by atoms with E-state index in [1.807, 2.05) is 24.0 Å². The Morgan fingerprint density at radius 1 is 1.05 bits per heavy atom. The first-order valence-electron chi connectivity index (χ1n) is 7.89. The van der Waals surface area contributed by atoms with Crippen LogP contribution < -0.4 is 0 Å². The zero-order valence-electron chi connectivity index (χ0n) is 12.6. The molecule has 1 aliphatic carbocycles. The number of amides is 1. The van der Waals surface area contributed by atoms with Gasteiger partial charge in [0.1, 0.15) is 10.0 Å². The fraction of sp³-hybridized carbons (Fsp3) is 0.562. The SMILES string of the molecule is Cc1ccc(C(=O)N2CCC(c3nnc(C4CC4)s3)CC2)s1. The van der Waals surface area contributed by atoms with Crippen LogP contribution in [0.4, 0.5) is 0 Å². The van der Waals surface area contributed by atoms with E-state index in [1.165, 1.54) is 27.7 Å². The summed E-state index contributed by atoms with van der Waals surface area (Å²) in [4.78, 5) is 16.5. The summed E-state index contributed by atoms with van der Waals surface area (Å²) in [5.41, 5.74) is 0. The number of likely N-dealkylation sites (tertiary alicyclic amines) is 1. The van der Waals surface area contributed by atoms with Crippen LogP contribution in [0, 0.1) is 6.92 Å². The lowest BCUT2D eigenvalue weighted by molar-refractivity contribution is 0.0718. The van der Waals surface area contributed by atoms with Crippen molar-refractivity contribution in [2.45, 2.75) is 44.4 Å². The first kappa shape index (κ1) is 14.3. The number of carbonyl (C=O) groups excluding carboxylic acids is 1. The number of aromatic nitrogens is 2. The van der Waals surface area contributed by atoms with Crippen LogP contribution in [0.3, 0.4) is 0 Å². The Kier molecular flexibility index (Phi) is 3.74. The normalized spacial score (nSPS) is 19.6. The minimum atomic E-state index is 0.187. The number of hydrogen-bond donors (Lipinski definition) is 0. The van der Waals surface area contributed by atoms with Crippen molar-refractivity contribution in [2.24, 2.45) is 0 Å². The molecule has 0 N–H and O–H groups in total. The number of piperidine rings is 1. The van der Waals surface area contributed by atoms with Crippen molar-refractivity contribution in [3.63, 3.8) is 0 Å². The van der Waals surface area contributed by atoms with Gasteiger partial charge in [0.15, 0.2) is 0 Å². The molecule has 2 aromatic heterocycles. The Morgan fingerprint density at radius 2 is 1.68 bits per heavy atom. The van der Waals surface area contributed by atoms with Gasteiger partial charge in [-0.1, -0.05) is 0 Å². The van der Waals surface area contributed by atoms with Gasteiger partial charge < -0.3 is 4.90 Å². The van der Waals surface area contributed by atoms with Gasteiger partial charge in [-0.25, -0.2) is 0 Å². The van der Waals surface area contributed by atoms with E-state index in [9.17, 15) is 4.79 Å². The Hall–Kier alpha value is -1.27. The van der Waals surface area contributed by atoms with Gasteiger partial charge in [-0.05, 0) is 44.7 Å². The molecule has 4 nitrogen and oxygen atoms in total. The van der Waals surface area contributed by atoms with Crippen LogP contribution in [0.2, 0.25) is 0 Å². The van der Waals surface area contributed by atoms with E-state index >= 15 is 0 Å². The summed E-state index contributed by atoms with van der Waals surface area (Å²) in [6.45, 7) is 3.71. The first-order valence-corrected chi connectivity index (χ1v) is 9.53. The zero-order chi connectivity index (χ0) is 15.1. The van der Waals surface area contributed by atoms with Crippen molar-refractivity contribution in [1.29, 1.82) is 0 Å². The fourth-order valence-electron chi connectivity index (χ4n) is 2.94. The topological polar surface area (TPSA) is 46.1 Å². The molecule has 0 aromatic carbocycles. The summed E-state index contributed by atoms with van der Waals surface area (Å²) in [6.07, 6.45) is 4.58. The average molecular weight is 333 g/mol. The molecule has 2 aliphatic rings. The summed E-state index contributed by atoms with van der Waals surface area (Å²) in [6, 6.07) is 3.96. The highest BCUT2D eigenvalue weighted by molar-refractivity contribution is 7.14. The molecule has 22 heavy (non-hydrogen) atoms. The largest absolute Gasteiger partial charge is 0.338 e. The highest BCUT2D eigenvalue weighted by Crippen LogP contribution is 2.43. The molecule has 6 heteroatoms. The lowest BCUT2D eigenvalue weighted by Gasteiger charge is -2.30. The number of nitrogens with zero attached hydrogens (tertiary/aromatic N) is 3. The van der Waals surface area contributed by atoms with Crippen molar-refractivity contribution in [2.75, 3.05) is 13.1 Å². The molecule has 1 saturated heterocycles. The summed E-state index contributed by atoms with van der Waals surface area (Å²) in [7, 11) is 0. The monoisotopic (exact) mass is 333 g/mol. The third kappa shape index (κ3) is 2.82. The van der Waals surface area contributed by atoms with Gasteiger partial charge in [0.25, 0.3) is 5.91 Å². The Balaban J connectivity index is 1.38. The van der Waals surface area contributed by atoms with E-state index in [0.717, 1.165) is 30.8 Å². The van der Waals surface area contributed by atoms with E-state index in [1.54, 1.807) is 22.7 Å². The Labute approximate surface area is 138 Å². The standard InChI is InChI=1S/C16H19N3OS2/c1-10-2-5-13(21-10)16(20)19-8-6-12(7-9-19)15-18-17-14(22-15)11-3-4-11/h2,5,11-12H,3-4,6-9H2,1H3. The molecular weight excluding hydrogens is 314 g/mol. The Bertz CT molecular complexity index is 681. The fourth-order valence-corrected chi connectivity index (χ4v) is 4.96. The Morgan fingerprint density at radius 3 is 2.23 bits per heavy atom. The highest BCUT2D eigenvalue weighted by atomic mass is 32.1. The van der Waals surface area contributed by atoms with Gasteiger partial charge in [-0.2, -0.15) is 0 Å². The van der Waals surface area contributed by atoms with E-state index in [0.29, 0.717) is 11.8 Å². The molecular formula is C16H19N3OS2. The van der Waals surface area contributed by atoms with Crippen molar-refractivity contribution < 1.29 is 4.79 Å². The lowest BCUT2D eigenvalue weighted by Crippen LogP contribution is -2.37. The van der Waals surface area contributed by atoms with Gasteiger partial charge >= 0.3 is 0 Å². The molecule has 1 amide bonds. The highest BCUT2D eigenvalue weighted by Gasteiger charge is 2.31. The zero-order valence-corrected chi connectivity index (χ0v) is 14.3. The molecule has 1 aliphatic heterocycles. The molecule has 3 heterocycles. The van der Waals surface area contributed by atoms with Crippen molar-refractivity contribution in [3.05, 3.63) is 31.9 Å².